The van der Waals surface area contributed by atoms with Gasteiger partial charge in [-0.1, -0.05) is 38.1 Å². The largest absolute Gasteiger partial charge is 0.385 e. The first-order valence-electron chi connectivity index (χ1n) is 6.73. The Morgan fingerprint density at radius 3 is 2.47 bits per heavy atom. The lowest BCUT2D eigenvalue weighted by Gasteiger charge is -2.11. The molecule has 0 aliphatic carbocycles. The fourth-order valence-corrected chi connectivity index (χ4v) is 1.86. The van der Waals surface area contributed by atoms with Crippen LogP contribution in [0.2, 0.25) is 0 Å². The average Bonchev–Trinajstić information content (AvgIpc) is 2.42. The number of hydrogen-bond acceptors (Lipinski definition) is 2. The summed E-state index contributed by atoms with van der Waals surface area (Å²) in [5.41, 5.74) is 2.61. The Morgan fingerprint density at radius 2 is 1.89 bits per heavy atom. The highest BCUT2D eigenvalue weighted by Crippen LogP contribution is 2.14. The molecule has 0 heterocycles. The lowest BCUT2D eigenvalue weighted by molar-refractivity contribution is 0.195. The van der Waals surface area contributed by atoms with Crippen LogP contribution in [-0.4, -0.2) is 25.4 Å². The number of ether oxygens (including phenoxy) is 1. The molecule has 2 N–H and O–H groups in total. The van der Waals surface area contributed by atoms with Crippen LogP contribution in [0.3, 0.4) is 0 Å². The predicted octanol–water partition coefficient (Wildman–Crippen LogP) is 2.81. The molecule has 3 nitrogen and oxygen atoms in total. The zero-order chi connectivity index (χ0) is 14.1. The lowest BCUT2D eigenvalue weighted by Crippen LogP contribution is -2.35. The first-order chi connectivity index (χ1) is 9.13. The summed E-state index contributed by atoms with van der Waals surface area (Å²) in [6.07, 6.45) is 0.960. The second-order valence-corrected chi connectivity index (χ2v) is 5.26. The van der Waals surface area contributed by atoms with Crippen molar-refractivity contribution in [2.75, 3.05) is 20.3 Å². The second-order valence-electron chi connectivity index (χ2n) is 4.85. The zero-order valence-electron chi connectivity index (χ0n) is 12.0. The molecule has 106 valence electrons. The third-order valence-corrected chi connectivity index (χ3v) is 3.20. The average molecular weight is 280 g/mol. The summed E-state index contributed by atoms with van der Waals surface area (Å²) in [5.74, 6) is 0.575. The number of nitrogens with one attached hydrogen (secondary N) is 2. The molecule has 0 aliphatic rings. The second kappa shape index (κ2) is 8.88. The minimum Gasteiger partial charge on any atom is -0.385 e. The van der Waals surface area contributed by atoms with Crippen molar-refractivity contribution < 1.29 is 4.74 Å². The number of benzene rings is 1. The Morgan fingerprint density at radius 1 is 1.21 bits per heavy atom. The Balaban J connectivity index is 2.26. The van der Waals surface area contributed by atoms with Gasteiger partial charge < -0.3 is 15.4 Å². The highest BCUT2D eigenvalue weighted by Gasteiger charge is 2.00. The van der Waals surface area contributed by atoms with E-state index in [9.17, 15) is 0 Å². The van der Waals surface area contributed by atoms with E-state index in [2.05, 4.69) is 48.7 Å². The van der Waals surface area contributed by atoms with E-state index < -0.39 is 0 Å². The van der Waals surface area contributed by atoms with Gasteiger partial charge >= 0.3 is 0 Å². The molecule has 0 amide bonds. The van der Waals surface area contributed by atoms with Gasteiger partial charge in [-0.05, 0) is 35.7 Å². The normalized spacial score (nSPS) is 10.5. The highest BCUT2D eigenvalue weighted by atomic mass is 32.1. The van der Waals surface area contributed by atoms with Gasteiger partial charge in [0, 0.05) is 26.8 Å². The third kappa shape index (κ3) is 6.55. The molecule has 0 spiro atoms. The van der Waals surface area contributed by atoms with Crippen molar-refractivity contribution in [3.63, 3.8) is 0 Å². The monoisotopic (exact) mass is 280 g/mol. The molecule has 0 unspecified atom stereocenters. The van der Waals surface area contributed by atoms with Crippen LogP contribution < -0.4 is 10.6 Å². The summed E-state index contributed by atoms with van der Waals surface area (Å²) >= 11 is 5.21. The van der Waals surface area contributed by atoms with E-state index in [1.54, 1.807) is 7.11 Å². The number of hydrogen-bond donors (Lipinski definition) is 2. The fourth-order valence-electron chi connectivity index (χ4n) is 1.68. The molecule has 0 aliphatic heterocycles. The minimum absolute atomic E-state index is 0.575. The summed E-state index contributed by atoms with van der Waals surface area (Å²) in [6, 6.07) is 8.65. The maximum atomic E-state index is 5.21. The van der Waals surface area contributed by atoms with E-state index in [1.165, 1.54) is 11.1 Å². The van der Waals surface area contributed by atoms with Gasteiger partial charge in [-0.15, -0.1) is 0 Å². The smallest absolute Gasteiger partial charge is 0.166 e. The molecule has 19 heavy (non-hydrogen) atoms. The molecule has 0 bridgehead atoms. The molecule has 4 heteroatoms. The molecule has 0 fully saturated rings. The van der Waals surface area contributed by atoms with Gasteiger partial charge in [0.2, 0.25) is 0 Å². The van der Waals surface area contributed by atoms with Crippen LogP contribution in [-0.2, 0) is 11.3 Å². The standard InChI is InChI=1S/C15H24N2OS/c1-12(2)14-7-5-13(6-8-14)11-17-15(19)16-9-4-10-18-3/h5-8,12H,4,9-11H2,1-3H3,(H2,16,17,19). The van der Waals surface area contributed by atoms with Crippen LogP contribution >= 0.6 is 12.2 Å². The Hall–Kier alpha value is -1.13. The van der Waals surface area contributed by atoms with Crippen molar-refractivity contribution in [1.29, 1.82) is 0 Å². The summed E-state index contributed by atoms with van der Waals surface area (Å²) in [4.78, 5) is 0. The molecule has 1 aromatic carbocycles. The highest BCUT2D eigenvalue weighted by molar-refractivity contribution is 7.80. The molecule has 0 aromatic heterocycles. The van der Waals surface area contributed by atoms with Gasteiger partial charge in [0.15, 0.2) is 5.11 Å². The maximum Gasteiger partial charge on any atom is 0.166 e. The van der Waals surface area contributed by atoms with E-state index in [0.29, 0.717) is 11.0 Å². The first-order valence-corrected chi connectivity index (χ1v) is 7.13. The summed E-state index contributed by atoms with van der Waals surface area (Å²) in [7, 11) is 1.71. The van der Waals surface area contributed by atoms with Gasteiger partial charge in [0.25, 0.3) is 0 Å². The van der Waals surface area contributed by atoms with Gasteiger partial charge in [-0.3, -0.25) is 0 Å². The van der Waals surface area contributed by atoms with Crippen molar-refractivity contribution in [3.8, 4) is 0 Å². The van der Waals surface area contributed by atoms with Crippen molar-refractivity contribution in [2.45, 2.75) is 32.7 Å². The molecule has 0 saturated carbocycles. The lowest BCUT2D eigenvalue weighted by atomic mass is 10.0. The van der Waals surface area contributed by atoms with Gasteiger partial charge in [0.1, 0.15) is 0 Å². The quantitative estimate of drug-likeness (QED) is 0.594. The summed E-state index contributed by atoms with van der Waals surface area (Å²) in [6.45, 7) is 6.76. The van der Waals surface area contributed by atoms with Crippen molar-refractivity contribution in [1.82, 2.24) is 10.6 Å². The van der Waals surface area contributed by atoms with Gasteiger partial charge in [0.05, 0.1) is 0 Å². The van der Waals surface area contributed by atoms with E-state index in [4.69, 9.17) is 17.0 Å². The Bertz CT molecular complexity index is 376. The molecule has 0 radical (unpaired) electrons. The van der Waals surface area contributed by atoms with E-state index in [-0.39, 0.29) is 0 Å². The van der Waals surface area contributed by atoms with Crippen LogP contribution in [0.5, 0.6) is 0 Å². The Kier molecular flexibility index (Phi) is 7.45. The first kappa shape index (κ1) is 15.9. The molecule has 1 aromatic rings. The van der Waals surface area contributed by atoms with E-state index >= 15 is 0 Å². The third-order valence-electron chi connectivity index (χ3n) is 2.91. The fraction of sp³-hybridized carbons (Fsp3) is 0.533. The predicted molar refractivity (Wildman–Crippen MR) is 84.5 cm³/mol. The number of methoxy groups -OCH3 is 1. The molecular formula is C15H24N2OS. The van der Waals surface area contributed by atoms with Crippen LogP contribution in [0.25, 0.3) is 0 Å². The van der Waals surface area contributed by atoms with Crippen LogP contribution in [0.15, 0.2) is 24.3 Å². The summed E-state index contributed by atoms with van der Waals surface area (Å²) < 4.78 is 4.98. The number of thiocarbonyl (C=S) groups is 1. The van der Waals surface area contributed by atoms with Crippen molar-refractivity contribution in [3.05, 3.63) is 35.4 Å². The molecule has 0 saturated heterocycles. The topological polar surface area (TPSA) is 33.3 Å². The zero-order valence-corrected chi connectivity index (χ0v) is 12.8. The molecule has 1 rings (SSSR count). The minimum atomic E-state index is 0.575. The molecule has 0 atom stereocenters. The molecular weight excluding hydrogens is 256 g/mol. The SMILES string of the molecule is COCCCNC(=S)NCc1ccc(C(C)C)cc1. The number of rotatable bonds is 7. The van der Waals surface area contributed by atoms with Crippen molar-refractivity contribution in [2.24, 2.45) is 0 Å². The van der Waals surface area contributed by atoms with Crippen LogP contribution in [0, 0.1) is 0 Å². The van der Waals surface area contributed by atoms with E-state index in [1.807, 2.05) is 0 Å². The van der Waals surface area contributed by atoms with Crippen LogP contribution in [0.4, 0.5) is 0 Å². The van der Waals surface area contributed by atoms with Crippen molar-refractivity contribution >= 4 is 17.3 Å². The van der Waals surface area contributed by atoms with Gasteiger partial charge in [-0.25, -0.2) is 0 Å². The van der Waals surface area contributed by atoms with E-state index in [0.717, 1.165) is 26.1 Å². The maximum absolute atomic E-state index is 5.21. The Labute approximate surface area is 121 Å². The van der Waals surface area contributed by atoms with Crippen LogP contribution in [0.1, 0.15) is 37.3 Å². The summed E-state index contributed by atoms with van der Waals surface area (Å²) in [5, 5.41) is 7.06. The van der Waals surface area contributed by atoms with Gasteiger partial charge in [-0.2, -0.15) is 0 Å².